The molecular weight excluding hydrogens is 358 g/mol. The van der Waals surface area contributed by atoms with Crippen LogP contribution in [-0.4, -0.2) is 34.1 Å². The second-order valence-corrected chi connectivity index (χ2v) is 7.90. The average Bonchev–Trinajstić information content (AvgIpc) is 3.41. The highest BCUT2D eigenvalue weighted by Gasteiger charge is 2.30. The van der Waals surface area contributed by atoms with E-state index < -0.39 is 0 Å². The van der Waals surface area contributed by atoms with E-state index in [2.05, 4.69) is 29.3 Å². The molecule has 1 saturated heterocycles. The van der Waals surface area contributed by atoms with Crippen molar-refractivity contribution in [1.29, 1.82) is 0 Å². The lowest BCUT2D eigenvalue weighted by atomic mass is 9.92. The highest BCUT2D eigenvalue weighted by Crippen LogP contribution is 2.34. The van der Waals surface area contributed by atoms with Crippen molar-refractivity contribution >= 4 is 17.2 Å². The molecule has 1 atom stereocenters. The maximum Gasteiger partial charge on any atom is 0.230 e. The van der Waals surface area contributed by atoms with Gasteiger partial charge in [0.15, 0.2) is 10.8 Å². The standard InChI is InChI=1S/C21H23N3O2S/c1-2-17(15-7-4-3-5-8-15)21(25)24-12-10-16(11-13-24)19-22-23-20(27-19)18-9-6-14-26-18/h3-9,14,16-17H,2,10-13H2,1H3/t17-/m0/s1. The zero-order valence-corrected chi connectivity index (χ0v) is 16.2. The SMILES string of the molecule is CC[C@H](C(=O)N1CCC(c2nnc(-c3ccco3)s2)CC1)c1ccccc1. The second-order valence-electron chi connectivity index (χ2n) is 6.89. The van der Waals surface area contributed by atoms with Gasteiger partial charge in [-0.15, -0.1) is 10.2 Å². The van der Waals surface area contributed by atoms with Gasteiger partial charge in [-0.1, -0.05) is 48.6 Å². The molecule has 1 amide bonds. The summed E-state index contributed by atoms with van der Waals surface area (Å²) in [6.07, 6.45) is 4.34. The molecule has 2 aromatic heterocycles. The highest BCUT2D eigenvalue weighted by atomic mass is 32.1. The molecule has 3 heterocycles. The van der Waals surface area contributed by atoms with E-state index in [1.807, 2.05) is 35.2 Å². The maximum absolute atomic E-state index is 13.0. The average molecular weight is 382 g/mol. The summed E-state index contributed by atoms with van der Waals surface area (Å²) in [7, 11) is 0. The fourth-order valence-electron chi connectivity index (χ4n) is 3.70. The predicted octanol–water partition coefficient (Wildman–Crippen LogP) is 4.70. The van der Waals surface area contributed by atoms with Gasteiger partial charge in [-0.25, -0.2) is 0 Å². The number of carbonyl (C=O) groups is 1. The van der Waals surface area contributed by atoms with Gasteiger partial charge in [-0.3, -0.25) is 4.79 Å². The lowest BCUT2D eigenvalue weighted by molar-refractivity contribution is -0.134. The molecule has 0 saturated carbocycles. The summed E-state index contributed by atoms with van der Waals surface area (Å²) in [5.41, 5.74) is 1.11. The Balaban J connectivity index is 1.39. The van der Waals surface area contributed by atoms with Crippen molar-refractivity contribution in [2.75, 3.05) is 13.1 Å². The molecule has 140 valence electrons. The summed E-state index contributed by atoms with van der Waals surface area (Å²) >= 11 is 1.60. The van der Waals surface area contributed by atoms with Gasteiger partial charge in [0.2, 0.25) is 5.91 Å². The molecule has 0 aliphatic carbocycles. The number of nitrogens with zero attached hydrogens (tertiary/aromatic N) is 3. The van der Waals surface area contributed by atoms with Gasteiger partial charge in [0.1, 0.15) is 5.01 Å². The third kappa shape index (κ3) is 3.81. The summed E-state index contributed by atoms with van der Waals surface area (Å²) < 4.78 is 5.40. The summed E-state index contributed by atoms with van der Waals surface area (Å²) in [6, 6.07) is 13.9. The van der Waals surface area contributed by atoms with Gasteiger partial charge in [0.25, 0.3) is 0 Å². The molecule has 0 bridgehead atoms. The Morgan fingerprint density at radius 2 is 1.96 bits per heavy atom. The number of rotatable bonds is 5. The fourth-order valence-corrected chi connectivity index (χ4v) is 4.69. The van der Waals surface area contributed by atoms with Crippen molar-refractivity contribution in [1.82, 2.24) is 15.1 Å². The number of furan rings is 1. The molecule has 4 rings (SSSR count). The van der Waals surface area contributed by atoms with Crippen LogP contribution >= 0.6 is 11.3 Å². The first-order valence-corrected chi connectivity index (χ1v) is 10.3. The van der Waals surface area contributed by atoms with Crippen LogP contribution in [0.15, 0.2) is 53.1 Å². The molecule has 0 unspecified atom stereocenters. The number of hydrogen-bond donors (Lipinski definition) is 0. The topological polar surface area (TPSA) is 59.2 Å². The molecule has 1 aliphatic rings. The van der Waals surface area contributed by atoms with Crippen molar-refractivity contribution in [3.8, 4) is 10.8 Å². The molecule has 0 radical (unpaired) electrons. The van der Waals surface area contributed by atoms with Crippen LogP contribution in [0.4, 0.5) is 0 Å². The van der Waals surface area contributed by atoms with Crippen LogP contribution in [0.2, 0.25) is 0 Å². The zero-order chi connectivity index (χ0) is 18.6. The first kappa shape index (κ1) is 17.9. The third-order valence-electron chi connectivity index (χ3n) is 5.24. The third-order valence-corrected chi connectivity index (χ3v) is 6.34. The number of benzene rings is 1. The summed E-state index contributed by atoms with van der Waals surface area (Å²) in [6.45, 7) is 3.64. The van der Waals surface area contributed by atoms with E-state index in [1.54, 1.807) is 17.6 Å². The van der Waals surface area contributed by atoms with Gasteiger partial charge in [-0.05, 0) is 37.0 Å². The molecule has 5 nitrogen and oxygen atoms in total. The monoisotopic (exact) mass is 381 g/mol. The molecule has 1 fully saturated rings. The van der Waals surface area contributed by atoms with E-state index in [-0.39, 0.29) is 11.8 Å². The summed E-state index contributed by atoms with van der Waals surface area (Å²) in [4.78, 5) is 15.0. The van der Waals surface area contributed by atoms with E-state index in [0.29, 0.717) is 5.92 Å². The molecule has 1 aliphatic heterocycles. The Kier molecular flexibility index (Phi) is 5.34. The van der Waals surface area contributed by atoms with E-state index in [0.717, 1.165) is 53.7 Å². The van der Waals surface area contributed by atoms with E-state index in [9.17, 15) is 4.79 Å². The molecule has 0 spiro atoms. The van der Waals surface area contributed by atoms with Crippen molar-refractivity contribution in [2.24, 2.45) is 0 Å². The number of hydrogen-bond acceptors (Lipinski definition) is 5. The minimum absolute atomic E-state index is 0.0464. The van der Waals surface area contributed by atoms with Crippen LogP contribution in [-0.2, 0) is 4.79 Å². The number of carbonyl (C=O) groups excluding carboxylic acids is 1. The van der Waals surface area contributed by atoms with Crippen molar-refractivity contribution in [3.05, 3.63) is 59.3 Å². The van der Waals surface area contributed by atoms with Gasteiger partial charge in [0.05, 0.1) is 12.2 Å². The van der Waals surface area contributed by atoms with E-state index in [4.69, 9.17) is 4.42 Å². The van der Waals surface area contributed by atoms with Gasteiger partial charge in [0, 0.05) is 19.0 Å². The Morgan fingerprint density at radius 1 is 1.19 bits per heavy atom. The highest BCUT2D eigenvalue weighted by molar-refractivity contribution is 7.14. The maximum atomic E-state index is 13.0. The molecule has 6 heteroatoms. The van der Waals surface area contributed by atoms with Crippen molar-refractivity contribution in [2.45, 2.75) is 38.0 Å². The van der Waals surface area contributed by atoms with E-state index >= 15 is 0 Å². The van der Waals surface area contributed by atoms with Crippen LogP contribution in [0.25, 0.3) is 10.8 Å². The Bertz CT molecular complexity index is 868. The Morgan fingerprint density at radius 3 is 2.63 bits per heavy atom. The van der Waals surface area contributed by atoms with Gasteiger partial charge in [-0.2, -0.15) is 0 Å². The summed E-state index contributed by atoms with van der Waals surface area (Å²) in [5.74, 6) is 1.33. The van der Waals surface area contributed by atoms with Crippen LogP contribution < -0.4 is 0 Å². The second kappa shape index (κ2) is 8.05. The zero-order valence-electron chi connectivity index (χ0n) is 15.4. The fraction of sp³-hybridized carbons (Fsp3) is 0.381. The Hall–Kier alpha value is -2.47. The quantitative estimate of drug-likeness (QED) is 0.643. The number of aromatic nitrogens is 2. The molecular formula is C21H23N3O2S. The van der Waals surface area contributed by atoms with Crippen molar-refractivity contribution < 1.29 is 9.21 Å². The number of piperidine rings is 1. The lowest BCUT2D eigenvalue weighted by Crippen LogP contribution is -2.40. The number of amides is 1. The first-order valence-electron chi connectivity index (χ1n) is 9.47. The van der Waals surface area contributed by atoms with Gasteiger partial charge >= 0.3 is 0 Å². The molecule has 3 aromatic rings. The van der Waals surface area contributed by atoms with Crippen LogP contribution in [0.3, 0.4) is 0 Å². The van der Waals surface area contributed by atoms with Crippen LogP contribution in [0, 0.1) is 0 Å². The smallest absolute Gasteiger partial charge is 0.230 e. The first-order chi connectivity index (χ1) is 13.3. The molecule has 1 aromatic carbocycles. The molecule has 0 N–H and O–H groups in total. The van der Waals surface area contributed by atoms with Gasteiger partial charge < -0.3 is 9.32 Å². The predicted molar refractivity (Wildman–Crippen MR) is 106 cm³/mol. The lowest BCUT2D eigenvalue weighted by Gasteiger charge is -2.33. The van der Waals surface area contributed by atoms with E-state index in [1.165, 1.54) is 0 Å². The minimum atomic E-state index is -0.0464. The van der Waals surface area contributed by atoms with Crippen molar-refractivity contribution in [3.63, 3.8) is 0 Å². The van der Waals surface area contributed by atoms with Crippen LogP contribution in [0.5, 0.6) is 0 Å². The largest absolute Gasteiger partial charge is 0.462 e. The normalized spacial score (nSPS) is 16.4. The summed E-state index contributed by atoms with van der Waals surface area (Å²) in [5, 5.41) is 10.5. The molecule has 27 heavy (non-hydrogen) atoms. The number of likely N-dealkylation sites (tertiary alicyclic amines) is 1. The van der Waals surface area contributed by atoms with Crippen LogP contribution in [0.1, 0.15) is 48.6 Å². The minimum Gasteiger partial charge on any atom is -0.462 e. The Labute approximate surface area is 163 Å².